The van der Waals surface area contributed by atoms with Gasteiger partial charge in [0.1, 0.15) is 12.4 Å². The SMILES string of the molecule is CN(C)CCOc1cccc(-c2nc(-c3ccccc3)no2)c1. The van der Waals surface area contributed by atoms with Gasteiger partial charge in [0.15, 0.2) is 0 Å². The van der Waals surface area contributed by atoms with Crippen LogP contribution in [-0.4, -0.2) is 42.3 Å². The maximum atomic E-state index is 5.74. The Bertz CT molecular complexity index is 754. The molecule has 0 atom stereocenters. The van der Waals surface area contributed by atoms with Crippen LogP contribution in [0.5, 0.6) is 5.75 Å². The molecule has 0 amide bonds. The fourth-order valence-electron chi connectivity index (χ4n) is 2.11. The molecule has 1 heterocycles. The number of likely N-dealkylation sites (N-methyl/N-ethyl adjacent to an activating group) is 1. The molecule has 5 nitrogen and oxygen atoms in total. The number of hydrogen-bond acceptors (Lipinski definition) is 5. The first-order chi connectivity index (χ1) is 11.2. The topological polar surface area (TPSA) is 51.4 Å². The minimum absolute atomic E-state index is 0.488. The third kappa shape index (κ3) is 3.96. The van der Waals surface area contributed by atoms with E-state index < -0.39 is 0 Å². The molecule has 23 heavy (non-hydrogen) atoms. The summed E-state index contributed by atoms with van der Waals surface area (Å²) in [6.45, 7) is 1.50. The van der Waals surface area contributed by atoms with Gasteiger partial charge in [0.2, 0.25) is 5.82 Å². The Morgan fingerprint density at radius 1 is 1.00 bits per heavy atom. The van der Waals surface area contributed by atoms with Gasteiger partial charge in [-0.3, -0.25) is 0 Å². The molecule has 0 aliphatic heterocycles. The van der Waals surface area contributed by atoms with E-state index in [1.54, 1.807) is 0 Å². The molecule has 3 rings (SSSR count). The van der Waals surface area contributed by atoms with E-state index in [0.29, 0.717) is 18.3 Å². The van der Waals surface area contributed by atoms with Crippen LogP contribution in [0.1, 0.15) is 0 Å². The summed E-state index contributed by atoms with van der Waals surface area (Å²) in [5, 5.41) is 4.04. The van der Waals surface area contributed by atoms with Crippen molar-refractivity contribution in [1.29, 1.82) is 0 Å². The van der Waals surface area contributed by atoms with Gasteiger partial charge in [0.25, 0.3) is 5.89 Å². The highest BCUT2D eigenvalue weighted by atomic mass is 16.5. The molecule has 0 saturated carbocycles. The largest absolute Gasteiger partial charge is 0.492 e. The van der Waals surface area contributed by atoms with E-state index >= 15 is 0 Å². The Morgan fingerprint density at radius 3 is 2.57 bits per heavy atom. The molecule has 0 unspecified atom stereocenters. The minimum Gasteiger partial charge on any atom is -0.492 e. The highest BCUT2D eigenvalue weighted by molar-refractivity contribution is 5.60. The molecule has 3 aromatic rings. The molecule has 0 aliphatic rings. The molecular weight excluding hydrogens is 290 g/mol. The summed E-state index contributed by atoms with van der Waals surface area (Å²) in [4.78, 5) is 6.54. The second-order valence-corrected chi connectivity index (χ2v) is 5.47. The van der Waals surface area contributed by atoms with Crippen LogP contribution in [0.15, 0.2) is 59.1 Å². The summed E-state index contributed by atoms with van der Waals surface area (Å²) in [7, 11) is 4.03. The van der Waals surface area contributed by atoms with Crippen molar-refractivity contribution in [3.63, 3.8) is 0 Å². The second kappa shape index (κ2) is 7.07. The van der Waals surface area contributed by atoms with Crippen LogP contribution >= 0.6 is 0 Å². The van der Waals surface area contributed by atoms with E-state index in [9.17, 15) is 0 Å². The highest BCUT2D eigenvalue weighted by Crippen LogP contribution is 2.25. The lowest BCUT2D eigenvalue weighted by molar-refractivity contribution is 0.261. The van der Waals surface area contributed by atoms with Gasteiger partial charge >= 0.3 is 0 Å². The van der Waals surface area contributed by atoms with Gasteiger partial charge in [0.05, 0.1) is 0 Å². The lowest BCUT2D eigenvalue weighted by atomic mass is 10.2. The Morgan fingerprint density at radius 2 is 1.78 bits per heavy atom. The molecule has 118 valence electrons. The van der Waals surface area contributed by atoms with Gasteiger partial charge < -0.3 is 14.2 Å². The van der Waals surface area contributed by atoms with Crippen molar-refractivity contribution in [2.24, 2.45) is 0 Å². The monoisotopic (exact) mass is 309 g/mol. The number of ether oxygens (including phenoxy) is 1. The Labute approximate surface area is 135 Å². The first-order valence-corrected chi connectivity index (χ1v) is 7.49. The lowest BCUT2D eigenvalue weighted by Crippen LogP contribution is -2.19. The minimum atomic E-state index is 0.488. The normalized spacial score (nSPS) is 10.9. The van der Waals surface area contributed by atoms with Crippen LogP contribution in [0.25, 0.3) is 22.8 Å². The quantitative estimate of drug-likeness (QED) is 0.699. The van der Waals surface area contributed by atoms with Crippen LogP contribution in [0.2, 0.25) is 0 Å². The van der Waals surface area contributed by atoms with Crippen LogP contribution in [0.4, 0.5) is 0 Å². The number of rotatable bonds is 6. The van der Waals surface area contributed by atoms with Crippen molar-refractivity contribution in [2.75, 3.05) is 27.2 Å². The first kappa shape index (κ1) is 15.2. The van der Waals surface area contributed by atoms with Gasteiger partial charge in [-0.15, -0.1) is 0 Å². The second-order valence-electron chi connectivity index (χ2n) is 5.47. The van der Waals surface area contributed by atoms with E-state index in [1.807, 2.05) is 68.7 Å². The highest BCUT2D eigenvalue weighted by Gasteiger charge is 2.11. The third-order valence-electron chi connectivity index (χ3n) is 3.35. The Balaban J connectivity index is 1.76. The average Bonchev–Trinajstić information content (AvgIpc) is 3.06. The zero-order valence-electron chi connectivity index (χ0n) is 13.3. The summed E-state index contributed by atoms with van der Waals surface area (Å²) in [6, 6.07) is 17.5. The smallest absolute Gasteiger partial charge is 0.258 e. The number of benzene rings is 2. The van der Waals surface area contributed by atoms with Crippen LogP contribution < -0.4 is 4.74 Å². The maximum Gasteiger partial charge on any atom is 0.258 e. The molecule has 0 spiro atoms. The van der Waals surface area contributed by atoms with Crippen molar-refractivity contribution in [3.8, 4) is 28.6 Å². The maximum absolute atomic E-state index is 5.74. The average molecular weight is 309 g/mol. The van der Waals surface area contributed by atoms with E-state index in [0.717, 1.165) is 23.4 Å². The van der Waals surface area contributed by atoms with Crippen molar-refractivity contribution in [2.45, 2.75) is 0 Å². The van der Waals surface area contributed by atoms with Crippen molar-refractivity contribution in [3.05, 3.63) is 54.6 Å². The summed E-state index contributed by atoms with van der Waals surface area (Å²) < 4.78 is 11.1. The van der Waals surface area contributed by atoms with Crippen molar-refractivity contribution in [1.82, 2.24) is 15.0 Å². The zero-order chi connectivity index (χ0) is 16.1. The number of hydrogen-bond donors (Lipinski definition) is 0. The van der Waals surface area contributed by atoms with E-state index in [-0.39, 0.29) is 0 Å². The fraction of sp³-hybridized carbons (Fsp3) is 0.222. The molecule has 0 fully saturated rings. The molecule has 0 radical (unpaired) electrons. The van der Waals surface area contributed by atoms with Crippen molar-refractivity contribution < 1.29 is 9.26 Å². The van der Waals surface area contributed by atoms with Gasteiger partial charge in [-0.2, -0.15) is 4.98 Å². The lowest BCUT2D eigenvalue weighted by Gasteiger charge is -2.11. The summed E-state index contributed by atoms with van der Waals surface area (Å²) in [6.07, 6.45) is 0. The molecule has 0 saturated heterocycles. The van der Waals surface area contributed by atoms with Gasteiger partial charge in [-0.05, 0) is 32.3 Å². The molecule has 1 aromatic heterocycles. The van der Waals surface area contributed by atoms with Gasteiger partial charge in [-0.25, -0.2) is 0 Å². The van der Waals surface area contributed by atoms with E-state index in [2.05, 4.69) is 15.0 Å². The standard InChI is InChI=1S/C18H19N3O2/c1-21(2)11-12-22-16-10-6-9-15(13-16)18-19-17(20-23-18)14-7-4-3-5-8-14/h3-10,13H,11-12H2,1-2H3. The van der Waals surface area contributed by atoms with Gasteiger partial charge in [-0.1, -0.05) is 41.6 Å². The zero-order valence-corrected chi connectivity index (χ0v) is 13.3. The number of nitrogens with zero attached hydrogens (tertiary/aromatic N) is 3. The molecular formula is C18H19N3O2. The predicted octanol–water partition coefficient (Wildman–Crippen LogP) is 3.34. The fourth-order valence-corrected chi connectivity index (χ4v) is 2.11. The van der Waals surface area contributed by atoms with Gasteiger partial charge in [0, 0.05) is 17.7 Å². The summed E-state index contributed by atoms with van der Waals surface area (Å²) in [5.74, 6) is 1.87. The molecule has 0 aliphatic carbocycles. The summed E-state index contributed by atoms with van der Waals surface area (Å²) in [5.41, 5.74) is 1.78. The summed E-state index contributed by atoms with van der Waals surface area (Å²) >= 11 is 0. The Hall–Kier alpha value is -2.66. The van der Waals surface area contributed by atoms with E-state index in [1.165, 1.54) is 0 Å². The van der Waals surface area contributed by atoms with Crippen LogP contribution in [-0.2, 0) is 0 Å². The predicted molar refractivity (Wildman–Crippen MR) is 89.2 cm³/mol. The van der Waals surface area contributed by atoms with E-state index in [4.69, 9.17) is 9.26 Å². The molecule has 2 aromatic carbocycles. The third-order valence-corrected chi connectivity index (χ3v) is 3.35. The molecule has 5 heteroatoms. The van der Waals surface area contributed by atoms with Crippen molar-refractivity contribution >= 4 is 0 Å². The molecule has 0 N–H and O–H groups in total. The number of aromatic nitrogens is 2. The first-order valence-electron chi connectivity index (χ1n) is 7.49. The Kier molecular flexibility index (Phi) is 4.68. The molecule has 0 bridgehead atoms. The van der Waals surface area contributed by atoms with Crippen LogP contribution in [0.3, 0.4) is 0 Å². The van der Waals surface area contributed by atoms with Crippen LogP contribution in [0, 0.1) is 0 Å².